The molecule has 0 aromatic rings. The molecule has 1 saturated heterocycles. The molecule has 0 unspecified atom stereocenters. The van der Waals surface area contributed by atoms with Crippen LogP contribution in [0.1, 0.15) is 13.3 Å². The minimum absolute atomic E-state index is 0.112. The number of amides is 2. The lowest BCUT2D eigenvalue weighted by molar-refractivity contribution is -0.711. The fourth-order valence-corrected chi connectivity index (χ4v) is 2.57. The van der Waals surface area contributed by atoms with Gasteiger partial charge in [0, 0.05) is 20.0 Å². The molecule has 1 atom stereocenters. The Morgan fingerprint density at radius 1 is 1.43 bits per heavy atom. The van der Waals surface area contributed by atoms with E-state index in [0.29, 0.717) is 19.5 Å². The maximum Gasteiger partial charge on any atom is 0.245 e. The molecule has 10 heteroatoms. The Morgan fingerprint density at radius 3 is 2.52 bits per heavy atom. The maximum atomic E-state index is 12.4. The highest BCUT2D eigenvalue weighted by Gasteiger charge is 2.30. The lowest BCUT2D eigenvalue weighted by atomic mass is 10.1. The number of nitrogens with one attached hydrogen (secondary N) is 1. The van der Waals surface area contributed by atoms with Crippen LogP contribution in [0, 0.1) is 5.21 Å². The van der Waals surface area contributed by atoms with Gasteiger partial charge in [0.15, 0.2) is 0 Å². The van der Waals surface area contributed by atoms with E-state index in [0.717, 1.165) is 5.75 Å². The van der Waals surface area contributed by atoms with Gasteiger partial charge in [-0.25, -0.2) is 0 Å². The molecule has 0 aliphatic carbocycles. The van der Waals surface area contributed by atoms with Gasteiger partial charge in [0.05, 0.1) is 18.1 Å². The van der Waals surface area contributed by atoms with Gasteiger partial charge in [-0.3, -0.25) is 9.59 Å². The van der Waals surface area contributed by atoms with E-state index in [9.17, 15) is 14.8 Å². The van der Waals surface area contributed by atoms with Crippen molar-refractivity contribution in [3.63, 3.8) is 0 Å². The van der Waals surface area contributed by atoms with E-state index >= 15 is 0 Å². The van der Waals surface area contributed by atoms with Crippen molar-refractivity contribution in [2.45, 2.75) is 19.4 Å². The number of thioether (sulfide) groups is 1. The van der Waals surface area contributed by atoms with Crippen LogP contribution in [-0.4, -0.2) is 76.1 Å². The molecular formula is C11H21N5O4S. The van der Waals surface area contributed by atoms with Crippen LogP contribution in [0.3, 0.4) is 0 Å². The van der Waals surface area contributed by atoms with Crippen molar-refractivity contribution in [2.75, 3.05) is 38.2 Å². The summed E-state index contributed by atoms with van der Waals surface area (Å²) >= 11 is 1.61. The molecule has 2 N–H and O–H groups in total. The largest absolute Gasteiger partial charge is 0.569 e. The van der Waals surface area contributed by atoms with Crippen LogP contribution in [0.4, 0.5) is 0 Å². The third kappa shape index (κ3) is 5.29. The van der Waals surface area contributed by atoms with E-state index in [1.165, 1.54) is 11.9 Å². The standard InChI is InChI=1S/C11H21N5O4S/c1-9(17)12-10(3-8-21-2)11(18)14-4-6-15(7-5-14)16(20)13-19/h10,19H,3-8H2,1-2H3,(H,12,17)/t10-/m0/s1. The molecule has 1 fully saturated rings. The molecular weight excluding hydrogens is 298 g/mol. The molecule has 0 aromatic heterocycles. The van der Waals surface area contributed by atoms with Gasteiger partial charge in [0.1, 0.15) is 6.04 Å². The number of hydrazine groups is 1. The molecule has 21 heavy (non-hydrogen) atoms. The minimum atomic E-state index is -0.535. The Kier molecular flexibility index (Phi) is 7.06. The molecule has 0 radical (unpaired) electrons. The van der Waals surface area contributed by atoms with Gasteiger partial charge in [-0.2, -0.15) is 11.8 Å². The molecule has 1 heterocycles. The summed E-state index contributed by atoms with van der Waals surface area (Å²) in [6.45, 7) is 2.66. The first kappa shape index (κ1) is 17.3. The Morgan fingerprint density at radius 2 is 2.05 bits per heavy atom. The average Bonchev–Trinajstić information content (AvgIpc) is 2.49. The fourth-order valence-electron chi connectivity index (χ4n) is 2.10. The fraction of sp³-hybridized carbons (Fsp3) is 0.818. The second-order valence-electron chi connectivity index (χ2n) is 4.66. The maximum absolute atomic E-state index is 12.4. The summed E-state index contributed by atoms with van der Waals surface area (Å²) < 4.78 is 0. The van der Waals surface area contributed by atoms with Crippen molar-refractivity contribution >= 4 is 23.6 Å². The Balaban J connectivity index is 2.58. The molecule has 0 aromatic carbocycles. The second-order valence-corrected chi connectivity index (χ2v) is 5.64. The van der Waals surface area contributed by atoms with E-state index in [-0.39, 0.29) is 29.9 Å². The molecule has 1 rings (SSSR count). The van der Waals surface area contributed by atoms with Gasteiger partial charge in [-0.1, -0.05) is 0 Å². The summed E-state index contributed by atoms with van der Waals surface area (Å²) in [5, 5.41) is 26.0. The topological polar surface area (TPSA) is 111 Å². The van der Waals surface area contributed by atoms with Gasteiger partial charge in [-0.05, 0) is 18.4 Å². The molecule has 0 bridgehead atoms. The first-order valence-corrected chi connectivity index (χ1v) is 8.01. The van der Waals surface area contributed by atoms with Gasteiger partial charge >= 0.3 is 0 Å². The number of hydrogen-bond acceptors (Lipinski definition) is 5. The third-order valence-corrected chi connectivity index (χ3v) is 3.82. The number of piperazine rings is 1. The summed E-state index contributed by atoms with van der Waals surface area (Å²) in [5.41, 5.74) is 0. The minimum Gasteiger partial charge on any atom is -0.569 e. The highest BCUT2D eigenvalue weighted by molar-refractivity contribution is 7.98. The molecule has 1 aliphatic heterocycles. The summed E-state index contributed by atoms with van der Waals surface area (Å²) in [6, 6.07) is -0.535. The highest BCUT2D eigenvalue weighted by Crippen LogP contribution is 2.08. The van der Waals surface area contributed by atoms with Crippen LogP contribution in [0.15, 0.2) is 5.28 Å². The number of hydrogen-bond donors (Lipinski definition) is 2. The van der Waals surface area contributed by atoms with E-state index in [2.05, 4.69) is 10.6 Å². The summed E-state index contributed by atoms with van der Waals surface area (Å²) in [5.74, 6) is 0.393. The SMILES string of the molecule is CSCC[C@H](NC(C)=O)C(=O)N1CCN([N+]([O-])=NO)CC1. The first-order chi connectivity index (χ1) is 9.99. The molecule has 9 nitrogen and oxygen atoms in total. The van der Waals surface area contributed by atoms with Crippen molar-refractivity contribution < 1.29 is 19.8 Å². The summed E-state index contributed by atoms with van der Waals surface area (Å²) in [6.07, 6.45) is 2.51. The van der Waals surface area contributed by atoms with Gasteiger partial charge in [0.25, 0.3) is 0 Å². The number of carbonyl (C=O) groups is 2. The summed E-state index contributed by atoms with van der Waals surface area (Å²) in [7, 11) is 0. The van der Waals surface area contributed by atoms with Crippen LogP contribution in [0.2, 0.25) is 0 Å². The smallest absolute Gasteiger partial charge is 0.245 e. The van der Waals surface area contributed by atoms with Crippen LogP contribution in [0.25, 0.3) is 0 Å². The number of rotatable bonds is 6. The van der Waals surface area contributed by atoms with E-state index in [1.807, 2.05) is 6.26 Å². The zero-order valence-corrected chi connectivity index (χ0v) is 13.0. The Hall–Kier alpha value is -1.71. The molecule has 0 spiro atoms. The zero-order valence-electron chi connectivity index (χ0n) is 12.2. The molecule has 120 valence electrons. The molecule has 2 amide bonds. The second kappa shape index (κ2) is 8.55. The van der Waals surface area contributed by atoms with Crippen molar-refractivity contribution in [1.82, 2.24) is 15.2 Å². The first-order valence-electron chi connectivity index (χ1n) is 6.61. The van der Waals surface area contributed by atoms with Crippen LogP contribution in [0.5, 0.6) is 0 Å². The van der Waals surface area contributed by atoms with Crippen LogP contribution in [-0.2, 0) is 9.59 Å². The number of carbonyl (C=O) groups excluding carboxylic acids is 2. The third-order valence-electron chi connectivity index (χ3n) is 3.17. The zero-order chi connectivity index (χ0) is 15.8. The average molecular weight is 319 g/mol. The molecule has 0 saturated carbocycles. The van der Waals surface area contributed by atoms with Gasteiger partial charge < -0.3 is 20.6 Å². The van der Waals surface area contributed by atoms with Crippen molar-refractivity contribution in [3.05, 3.63) is 5.21 Å². The van der Waals surface area contributed by atoms with Crippen molar-refractivity contribution in [1.29, 1.82) is 0 Å². The van der Waals surface area contributed by atoms with Crippen LogP contribution >= 0.6 is 11.8 Å². The van der Waals surface area contributed by atoms with E-state index in [4.69, 9.17) is 5.21 Å². The lowest BCUT2D eigenvalue weighted by Gasteiger charge is -2.33. The predicted molar refractivity (Wildman–Crippen MR) is 76.6 cm³/mol. The monoisotopic (exact) mass is 319 g/mol. The van der Waals surface area contributed by atoms with Gasteiger partial charge in [-0.15, -0.1) is 5.01 Å². The van der Waals surface area contributed by atoms with Gasteiger partial charge in [0.2, 0.25) is 17.1 Å². The Labute approximate surface area is 127 Å². The number of nitrogens with zero attached hydrogens (tertiary/aromatic N) is 4. The van der Waals surface area contributed by atoms with E-state index < -0.39 is 6.04 Å². The van der Waals surface area contributed by atoms with Crippen molar-refractivity contribution in [3.8, 4) is 0 Å². The highest BCUT2D eigenvalue weighted by atomic mass is 32.2. The lowest BCUT2D eigenvalue weighted by Crippen LogP contribution is -2.55. The quantitative estimate of drug-likeness (QED) is 0.393. The van der Waals surface area contributed by atoms with E-state index in [1.54, 1.807) is 16.7 Å². The normalized spacial score (nSPS) is 17.5. The summed E-state index contributed by atoms with van der Waals surface area (Å²) in [4.78, 5) is 25.3. The van der Waals surface area contributed by atoms with Crippen molar-refractivity contribution in [2.24, 2.45) is 5.28 Å². The van der Waals surface area contributed by atoms with Crippen LogP contribution < -0.4 is 5.32 Å². The Bertz CT molecular complexity index is 398. The molecule has 1 aliphatic rings. The predicted octanol–water partition coefficient (Wildman–Crippen LogP) is -0.345.